The van der Waals surface area contributed by atoms with E-state index in [9.17, 15) is 14.4 Å². The van der Waals surface area contributed by atoms with Gasteiger partial charge >= 0.3 is 5.97 Å². The molecule has 0 radical (unpaired) electrons. The van der Waals surface area contributed by atoms with Crippen LogP contribution in [0.4, 0.5) is 0 Å². The smallest absolute Gasteiger partial charge is 0.335 e. The van der Waals surface area contributed by atoms with Crippen molar-refractivity contribution < 1.29 is 19.5 Å². The predicted molar refractivity (Wildman–Crippen MR) is 78.0 cm³/mol. The van der Waals surface area contributed by atoms with Crippen molar-refractivity contribution in [1.29, 1.82) is 0 Å². The van der Waals surface area contributed by atoms with E-state index in [2.05, 4.69) is 5.32 Å². The molecule has 6 nitrogen and oxygen atoms in total. The molecule has 1 rings (SSSR count). The molecule has 1 atom stereocenters. The van der Waals surface area contributed by atoms with Crippen LogP contribution in [0.15, 0.2) is 24.3 Å². The van der Waals surface area contributed by atoms with E-state index in [0.717, 1.165) is 0 Å². The van der Waals surface area contributed by atoms with Gasteiger partial charge in [0.25, 0.3) is 0 Å². The Balaban J connectivity index is 2.73. The number of rotatable bonds is 6. The highest BCUT2D eigenvalue weighted by Crippen LogP contribution is 2.11. The van der Waals surface area contributed by atoms with E-state index >= 15 is 0 Å². The Morgan fingerprint density at radius 3 is 2.48 bits per heavy atom. The number of aromatic carboxylic acids is 1. The lowest BCUT2D eigenvalue weighted by Gasteiger charge is -2.21. The zero-order valence-corrected chi connectivity index (χ0v) is 12.4. The topological polar surface area (TPSA) is 86.7 Å². The molecule has 21 heavy (non-hydrogen) atoms. The normalized spacial score (nSPS) is 11.6. The van der Waals surface area contributed by atoms with Gasteiger partial charge in [0, 0.05) is 20.6 Å². The Morgan fingerprint density at radius 1 is 1.29 bits per heavy atom. The second-order valence-electron chi connectivity index (χ2n) is 4.93. The number of nitrogens with zero attached hydrogens (tertiary/aromatic N) is 1. The number of carboxylic acids is 1. The SMILES string of the molecule is CNC(=O)C(C)CN(C)C(=O)Cc1ccccc1C(=O)O. The molecule has 114 valence electrons. The molecule has 0 saturated carbocycles. The lowest BCUT2D eigenvalue weighted by Crippen LogP contribution is -2.38. The summed E-state index contributed by atoms with van der Waals surface area (Å²) in [5.41, 5.74) is 0.591. The zero-order valence-electron chi connectivity index (χ0n) is 12.4. The molecule has 0 aliphatic heterocycles. The van der Waals surface area contributed by atoms with Crippen LogP contribution in [0.2, 0.25) is 0 Å². The van der Waals surface area contributed by atoms with Crippen molar-refractivity contribution in [2.45, 2.75) is 13.3 Å². The fourth-order valence-corrected chi connectivity index (χ4v) is 2.02. The van der Waals surface area contributed by atoms with Crippen molar-refractivity contribution in [2.24, 2.45) is 5.92 Å². The maximum atomic E-state index is 12.1. The number of carbonyl (C=O) groups excluding carboxylic acids is 2. The minimum Gasteiger partial charge on any atom is -0.478 e. The van der Waals surface area contributed by atoms with E-state index < -0.39 is 5.97 Å². The number of amides is 2. The summed E-state index contributed by atoms with van der Waals surface area (Å²) < 4.78 is 0. The van der Waals surface area contributed by atoms with Crippen molar-refractivity contribution in [3.05, 3.63) is 35.4 Å². The summed E-state index contributed by atoms with van der Waals surface area (Å²) >= 11 is 0. The molecule has 0 fully saturated rings. The molecule has 2 amide bonds. The zero-order chi connectivity index (χ0) is 16.0. The van der Waals surface area contributed by atoms with E-state index in [1.165, 1.54) is 11.0 Å². The van der Waals surface area contributed by atoms with Gasteiger partial charge in [-0.3, -0.25) is 9.59 Å². The second kappa shape index (κ2) is 7.42. The largest absolute Gasteiger partial charge is 0.478 e. The molecule has 0 spiro atoms. The number of hydrogen-bond donors (Lipinski definition) is 2. The highest BCUT2D eigenvalue weighted by Gasteiger charge is 2.19. The summed E-state index contributed by atoms with van der Waals surface area (Å²) in [7, 11) is 3.15. The van der Waals surface area contributed by atoms with Crippen molar-refractivity contribution in [1.82, 2.24) is 10.2 Å². The molecule has 2 N–H and O–H groups in total. The quantitative estimate of drug-likeness (QED) is 0.810. The van der Waals surface area contributed by atoms with Gasteiger partial charge in [0.15, 0.2) is 0 Å². The summed E-state index contributed by atoms with van der Waals surface area (Å²) in [6.07, 6.45) is -0.000558. The van der Waals surface area contributed by atoms with Crippen molar-refractivity contribution in [3.63, 3.8) is 0 Å². The molecule has 0 aliphatic rings. The van der Waals surface area contributed by atoms with Crippen molar-refractivity contribution >= 4 is 17.8 Å². The van der Waals surface area contributed by atoms with Crippen LogP contribution in [0.5, 0.6) is 0 Å². The van der Waals surface area contributed by atoms with Crippen LogP contribution in [0.3, 0.4) is 0 Å². The lowest BCUT2D eigenvalue weighted by molar-refractivity contribution is -0.131. The van der Waals surface area contributed by atoms with E-state index in [0.29, 0.717) is 5.56 Å². The number of hydrogen-bond acceptors (Lipinski definition) is 3. The average molecular weight is 292 g/mol. The number of nitrogens with one attached hydrogen (secondary N) is 1. The molecule has 1 unspecified atom stereocenters. The van der Waals surface area contributed by atoms with E-state index in [4.69, 9.17) is 5.11 Å². The van der Waals surface area contributed by atoms with Gasteiger partial charge in [-0.15, -0.1) is 0 Å². The molecular formula is C15H20N2O4. The van der Waals surface area contributed by atoms with Crippen LogP contribution in [0.1, 0.15) is 22.8 Å². The first-order valence-electron chi connectivity index (χ1n) is 6.63. The number of carbonyl (C=O) groups is 3. The van der Waals surface area contributed by atoms with Gasteiger partial charge in [-0.2, -0.15) is 0 Å². The Bertz CT molecular complexity index is 542. The average Bonchev–Trinajstić information content (AvgIpc) is 2.46. The minimum absolute atomic E-state index is 0.000558. The predicted octanol–water partition coefficient (Wildman–Crippen LogP) is 0.768. The molecule has 0 saturated heterocycles. The second-order valence-corrected chi connectivity index (χ2v) is 4.93. The Hall–Kier alpha value is -2.37. The third-order valence-electron chi connectivity index (χ3n) is 3.26. The molecular weight excluding hydrogens is 272 g/mol. The summed E-state index contributed by atoms with van der Waals surface area (Å²) in [4.78, 5) is 36.1. The van der Waals surface area contributed by atoms with Gasteiger partial charge in [-0.1, -0.05) is 25.1 Å². The fourth-order valence-electron chi connectivity index (χ4n) is 2.02. The van der Waals surface area contributed by atoms with Crippen LogP contribution >= 0.6 is 0 Å². The highest BCUT2D eigenvalue weighted by atomic mass is 16.4. The van der Waals surface area contributed by atoms with Crippen molar-refractivity contribution in [2.75, 3.05) is 20.6 Å². The Kier molecular flexibility index (Phi) is 5.90. The van der Waals surface area contributed by atoms with E-state index in [1.807, 2.05) is 0 Å². The molecule has 1 aromatic rings. The maximum Gasteiger partial charge on any atom is 0.335 e. The van der Waals surface area contributed by atoms with Crippen LogP contribution < -0.4 is 5.32 Å². The maximum absolute atomic E-state index is 12.1. The van der Waals surface area contributed by atoms with Gasteiger partial charge in [0.05, 0.1) is 17.9 Å². The van der Waals surface area contributed by atoms with E-state index in [1.54, 1.807) is 39.2 Å². The van der Waals surface area contributed by atoms with Gasteiger partial charge in [-0.05, 0) is 11.6 Å². The fraction of sp³-hybridized carbons (Fsp3) is 0.400. The van der Waals surface area contributed by atoms with Gasteiger partial charge in [0.2, 0.25) is 11.8 Å². The molecule has 1 aromatic carbocycles. The summed E-state index contributed by atoms with van der Waals surface area (Å²) in [5.74, 6) is -1.74. The molecule has 6 heteroatoms. The highest BCUT2D eigenvalue weighted by molar-refractivity contribution is 5.91. The van der Waals surface area contributed by atoms with Gasteiger partial charge in [0.1, 0.15) is 0 Å². The number of benzene rings is 1. The third kappa shape index (κ3) is 4.59. The first-order chi connectivity index (χ1) is 9.86. The van der Waals surface area contributed by atoms with Crippen LogP contribution in [0, 0.1) is 5.92 Å². The summed E-state index contributed by atoms with van der Waals surface area (Å²) in [6, 6.07) is 6.41. The number of carboxylic acid groups (broad SMARTS) is 1. The first-order valence-corrected chi connectivity index (χ1v) is 6.63. The van der Waals surface area contributed by atoms with Gasteiger partial charge in [-0.25, -0.2) is 4.79 Å². The lowest BCUT2D eigenvalue weighted by atomic mass is 10.0. The summed E-state index contributed by atoms with van der Waals surface area (Å²) in [6.45, 7) is 2.02. The van der Waals surface area contributed by atoms with Gasteiger partial charge < -0.3 is 15.3 Å². The standard InChI is InChI=1S/C15H20N2O4/c1-10(14(19)16-2)9-17(3)13(18)8-11-6-4-5-7-12(11)15(20)21/h4-7,10H,8-9H2,1-3H3,(H,16,19)(H,20,21). The molecule has 0 bridgehead atoms. The third-order valence-corrected chi connectivity index (χ3v) is 3.26. The van der Waals surface area contributed by atoms with Crippen LogP contribution in [-0.2, 0) is 16.0 Å². The summed E-state index contributed by atoms with van der Waals surface area (Å²) in [5, 5.41) is 11.6. The molecule has 0 aromatic heterocycles. The van der Waals surface area contributed by atoms with Crippen LogP contribution in [0.25, 0.3) is 0 Å². The Labute approximate surface area is 123 Å². The monoisotopic (exact) mass is 292 g/mol. The molecule has 0 heterocycles. The molecule has 0 aliphatic carbocycles. The Morgan fingerprint density at radius 2 is 1.90 bits per heavy atom. The minimum atomic E-state index is -1.06. The number of likely N-dealkylation sites (N-methyl/N-ethyl adjacent to an activating group) is 1. The first kappa shape index (κ1) is 16.7. The van der Waals surface area contributed by atoms with E-state index in [-0.39, 0.29) is 36.3 Å². The van der Waals surface area contributed by atoms with Crippen LogP contribution in [-0.4, -0.2) is 48.4 Å². The van der Waals surface area contributed by atoms with Crippen molar-refractivity contribution in [3.8, 4) is 0 Å².